The Balaban J connectivity index is 0.749. The Labute approximate surface area is 467 Å². The van der Waals surface area contributed by atoms with E-state index >= 15 is 0 Å². The zero-order valence-electron chi connectivity index (χ0n) is 45.6. The second kappa shape index (κ2) is 22.0. The molecule has 2 spiro atoms. The minimum absolute atomic E-state index is 0.0996. The van der Waals surface area contributed by atoms with Crippen molar-refractivity contribution in [2.45, 2.75) is 139 Å². The smallest absolute Gasteiger partial charge is 0.318 e. The van der Waals surface area contributed by atoms with Gasteiger partial charge in [-0.2, -0.15) is 30.5 Å². The first-order chi connectivity index (χ1) is 37.9. The van der Waals surface area contributed by atoms with Gasteiger partial charge in [-0.3, -0.25) is 14.5 Å². The van der Waals surface area contributed by atoms with Crippen LogP contribution in [0.1, 0.15) is 113 Å². The zero-order chi connectivity index (χ0) is 53.7. The van der Waals surface area contributed by atoms with Gasteiger partial charge in [-0.15, -0.1) is 22.7 Å². The minimum Gasteiger partial charge on any atom is -0.462 e. The molecule has 0 radical (unpaired) electrons. The van der Waals surface area contributed by atoms with E-state index in [2.05, 4.69) is 75.8 Å². The molecule has 4 aliphatic carbocycles. The van der Waals surface area contributed by atoms with E-state index in [-0.39, 0.29) is 53.6 Å². The third-order valence-corrected chi connectivity index (χ3v) is 21.5. The predicted octanol–water partition coefficient (Wildman–Crippen LogP) is 7.29. The van der Waals surface area contributed by atoms with Gasteiger partial charge in [0.1, 0.15) is 24.8 Å². The topological polar surface area (TPSA) is 171 Å². The van der Waals surface area contributed by atoms with Crippen LogP contribution in [0.3, 0.4) is 0 Å². The lowest BCUT2D eigenvalue weighted by Gasteiger charge is -2.44. The number of piperazine rings is 2. The summed E-state index contributed by atoms with van der Waals surface area (Å²) in [5, 5.41) is 24.3. The summed E-state index contributed by atoms with van der Waals surface area (Å²) >= 11 is 3.84. The lowest BCUT2D eigenvalue weighted by atomic mass is 9.64. The lowest BCUT2D eigenvalue weighted by Crippen LogP contribution is -2.55. The van der Waals surface area contributed by atoms with Crippen LogP contribution in [0.25, 0.3) is 0 Å². The zero-order valence-corrected chi connectivity index (χ0v) is 47.2. The number of hydrogen-bond acceptors (Lipinski definition) is 16. The molecule has 3 unspecified atom stereocenters. The molecule has 0 bridgehead atoms. The van der Waals surface area contributed by atoms with Crippen molar-refractivity contribution < 1.29 is 19.1 Å². The number of likely N-dealkylation sites (N-methyl/N-ethyl adjacent to an activating group) is 2. The summed E-state index contributed by atoms with van der Waals surface area (Å²) in [6.45, 7) is 13.9. The number of amides is 2. The molecule has 18 heteroatoms. The van der Waals surface area contributed by atoms with Gasteiger partial charge in [0.05, 0.1) is 48.5 Å². The van der Waals surface area contributed by atoms with Gasteiger partial charge in [0.25, 0.3) is 0 Å². The molecule has 4 saturated heterocycles. The van der Waals surface area contributed by atoms with E-state index in [0.717, 1.165) is 132 Å². The maximum absolute atomic E-state index is 12.9. The Morgan fingerprint density at radius 2 is 1.24 bits per heavy atom. The molecule has 0 aromatic carbocycles. The van der Waals surface area contributed by atoms with E-state index in [1.54, 1.807) is 15.4 Å². The molecular weight excluding hydrogens is 1020 g/mol. The molecule has 8 aliphatic rings. The summed E-state index contributed by atoms with van der Waals surface area (Å²) in [6.07, 6.45) is 18.8. The van der Waals surface area contributed by atoms with Crippen LogP contribution in [0, 0.1) is 33.5 Å². The molecule has 4 aromatic rings. The van der Waals surface area contributed by atoms with Crippen LogP contribution < -0.4 is 19.3 Å². The molecular formula is C60H74N12O4S2. The quantitative estimate of drug-likeness (QED) is 0.122. The molecule has 16 nitrogen and oxygen atoms in total. The number of ether oxygens (including phenoxy) is 2. The summed E-state index contributed by atoms with van der Waals surface area (Å²) in [5.41, 5.74) is 9.42. The van der Waals surface area contributed by atoms with E-state index < -0.39 is 0 Å². The summed E-state index contributed by atoms with van der Waals surface area (Å²) in [5.74, 6) is 1.95. The van der Waals surface area contributed by atoms with Gasteiger partial charge in [0, 0.05) is 78.8 Å². The number of aryl methyl sites for hydroxylation is 1. The molecule has 0 saturated carbocycles. The maximum Gasteiger partial charge on any atom is 0.318 e. The average Bonchev–Trinajstić information content (AvgIpc) is 4.37. The van der Waals surface area contributed by atoms with E-state index in [9.17, 15) is 20.1 Å². The highest BCUT2D eigenvalue weighted by Gasteiger charge is 2.45. The van der Waals surface area contributed by atoms with Gasteiger partial charge >= 0.3 is 12.0 Å². The molecule has 4 aromatic heterocycles. The first-order valence-corrected chi connectivity index (χ1v) is 30.4. The third-order valence-electron chi connectivity index (χ3n) is 19.5. The first kappa shape index (κ1) is 52.8. The highest BCUT2D eigenvalue weighted by molar-refractivity contribution is 7.10. The van der Waals surface area contributed by atoms with Crippen molar-refractivity contribution in [1.82, 2.24) is 39.5 Å². The van der Waals surface area contributed by atoms with E-state index in [1.807, 2.05) is 22.7 Å². The Morgan fingerprint density at radius 3 is 1.81 bits per heavy atom. The Bertz CT molecular complexity index is 3050. The molecule has 4 fully saturated rings. The highest BCUT2D eigenvalue weighted by atomic mass is 32.1. The van der Waals surface area contributed by atoms with Gasteiger partial charge < -0.3 is 34.0 Å². The fourth-order valence-electron chi connectivity index (χ4n) is 15.0. The molecule has 0 N–H and O–H groups in total. The highest BCUT2D eigenvalue weighted by Crippen LogP contribution is 2.51. The minimum atomic E-state index is -0.253. The summed E-state index contributed by atoms with van der Waals surface area (Å²) < 4.78 is 13.3. The number of thiophene rings is 2. The van der Waals surface area contributed by atoms with Gasteiger partial charge in [-0.1, -0.05) is 13.2 Å². The number of nitrogens with zero attached hydrogens (tertiary/aromatic N) is 12. The number of nitriles is 2. The van der Waals surface area contributed by atoms with Crippen LogP contribution >= 0.6 is 22.7 Å². The summed E-state index contributed by atoms with van der Waals surface area (Å²) in [4.78, 5) is 62.7. The van der Waals surface area contributed by atoms with Crippen LogP contribution in [0.2, 0.25) is 0 Å². The van der Waals surface area contributed by atoms with Crippen LogP contribution in [0.4, 0.5) is 11.6 Å². The molecule has 78 heavy (non-hydrogen) atoms. The number of anilines is 2. The van der Waals surface area contributed by atoms with Gasteiger partial charge in [0.2, 0.25) is 11.8 Å². The fraction of sp³-hybridized carbons (Fsp3) is 0.600. The van der Waals surface area contributed by atoms with Crippen molar-refractivity contribution in [3.63, 3.8) is 0 Å². The molecule has 4 aliphatic heterocycles. The van der Waals surface area contributed by atoms with Crippen molar-refractivity contribution >= 4 is 46.1 Å². The Hall–Kier alpha value is -5.92. The molecule has 12 rings (SSSR count). The van der Waals surface area contributed by atoms with Crippen molar-refractivity contribution in [3.05, 3.63) is 91.1 Å². The molecule has 7 atom stereocenters. The summed E-state index contributed by atoms with van der Waals surface area (Å²) in [7, 11) is 4.40. The number of carbonyl (C=O) groups excluding carboxylic acids is 2. The molecule has 410 valence electrons. The average molecular weight is 1090 g/mol. The van der Waals surface area contributed by atoms with Crippen molar-refractivity contribution in [2.24, 2.45) is 10.8 Å². The number of hydrogen-bond donors (Lipinski definition) is 0. The number of rotatable bonds is 13. The van der Waals surface area contributed by atoms with E-state index in [4.69, 9.17) is 29.4 Å². The normalized spacial score (nSPS) is 27.9. The first-order valence-electron chi connectivity index (χ1n) is 28.7. The largest absolute Gasteiger partial charge is 0.462 e. The van der Waals surface area contributed by atoms with Crippen molar-refractivity contribution in [1.29, 1.82) is 10.5 Å². The monoisotopic (exact) mass is 1090 g/mol. The molecule has 2 amide bonds. The second-order valence-electron chi connectivity index (χ2n) is 24.0. The maximum atomic E-state index is 12.9. The molecule has 8 heterocycles. The Kier molecular flexibility index (Phi) is 14.9. The van der Waals surface area contributed by atoms with Crippen LogP contribution in [-0.4, -0.2) is 155 Å². The SMILES string of the molecule is C=CC(=O)N1CCN(c2nc(OCC3CC(c4csc5c4CC[C@@]4(CCc6c(nc(OCC7CCCN7C)nc6N6CCN(C(=O)C=C)[C@@H](CC#N)C6)C4)C5)CN3C)nc3c2CC[C@]2(CCc4ccsc4C2)C3)C[C@@H]1CC#N. The van der Waals surface area contributed by atoms with Gasteiger partial charge in [0.15, 0.2) is 0 Å². The van der Waals surface area contributed by atoms with Crippen molar-refractivity contribution in [2.75, 3.05) is 89.5 Å². The van der Waals surface area contributed by atoms with E-state index in [0.29, 0.717) is 76.5 Å². The second-order valence-corrected chi connectivity index (χ2v) is 26.0. The van der Waals surface area contributed by atoms with Crippen LogP contribution in [-0.2, 0) is 61.0 Å². The lowest BCUT2D eigenvalue weighted by molar-refractivity contribution is -0.129. The number of aromatic nitrogens is 4. The standard InChI is InChI=1S/C60H74N12O4S2/c1-5-53(73)71-25-23-69(34-41(71)13-20-61)55-47-12-19-60(30-50(47)63-57(65-55)75-36-43-8-7-22-67(43)3)17-10-45-48(38-78-52(45)32-60)40-28-44(68(4)33-40)37-76-58-64-49-29-59(16-9-39-15-27-77-51(39)31-59)18-11-46(49)56(66-58)70-24-26-72(54(74)6-2)42(35-70)14-21-62/h5-6,15,27,38,40-44H,1-2,7-14,16-19,22-26,28-37H2,3-4H3/t40?,41-,42-,43?,44?,59+,60-/m0/s1. The van der Waals surface area contributed by atoms with Crippen LogP contribution in [0.5, 0.6) is 12.0 Å². The fourth-order valence-corrected chi connectivity index (χ4v) is 17.4. The predicted molar refractivity (Wildman–Crippen MR) is 302 cm³/mol. The summed E-state index contributed by atoms with van der Waals surface area (Å²) in [6, 6.07) is 7.86. The Morgan fingerprint density at radius 1 is 0.679 bits per heavy atom. The number of likely N-dealkylation sites (tertiary alicyclic amines) is 2. The van der Waals surface area contributed by atoms with Crippen molar-refractivity contribution in [3.8, 4) is 24.2 Å². The van der Waals surface area contributed by atoms with Gasteiger partial charge in [-0.25, -0.2) is 0 Å². The third kappa shape index (κ3) is 10.2. The van der Waals surface area contributed by atoms with Crippen LogP contribution in [0.15, 0.2) is 42.1 Å². The number of fused-ring (bicyclic) bond motifs is 4. The van der Waals surface area contributed by atoms with Gasteiger partial charge in [-0.05, 0) is 179 Å². The number of carbonyl (C=O) groups is 2. The van der Waals surface area contributed by atoms with E-state index in [1.165, 1.54) is 44.2 Å².